The van der Waals surface area contributed by atoms with Crippen LogP contribution >= 0.6 is 0 Å². The first kappa shape index (κ1) is 7.68. The van der Waals surface area contributed by atoms with Crippen LogP contribution in [-0.4, -0.2) is 24.0 Å². The van der Waals surface area contributed by atoms with Crippen LogP contribution in [0.4, 0.5) is 0 Å². The van der Waals surface area contributed by atoms with Crippen molar-refractivity contribution in [2.75, 3.05) is 7.05 Å². The summed E-state index contributed by atoms with van der Waals surface area (Å²) in [6, 6.07) is 0. The van der Waals surface area contributed by atoms with E-state index in [0.717, 1.165) is 0 Å². The Morgan fingerprint density at radius 1 is 1.89 bits per heavy atom. The molecule has 0 aliphatic rings. The van der Waals surface area contributed by atoms with Gasteiger partial charge in [0.15, 0.2) is 0 Å². The van der Waals surface area contributed by atoms with Gasteiger partial charge in [-0.15, -0.1) is 0 Å². The van der Waals surface area contributed by atoms with Crippen molar-refractivity contribution in [2.45, 2.75) is 0 Å². The Morgan fingerprint density at radius 2 is 2.44 bits per heavy atom. The van der Waals surface area contributed by atoms with Crippen molar-refractivity contribution in [3.63, 3.8) is 0 Å². The van der Waals surface area contributed by atoms with Gasteiger partial charge in [-0.1, -0.05) is 6.58 Å². The summed E-state index contributed by atoms with van der Waals surface area (Å²) >= 11 is 0. The van der Waals surface area contributed by atoms with E-state index in [4.69, 9.17) is 5.11 Å². The minimum Gasteiger partial charge on any atom is -0.475 e. The number of nitrogens with one attached hydrogen (secondary N) is 1. The summed E-state index contributed by atoms with van der Waals surface area (Å²) in [4.78, 5) is 13.5. The lowest BCUT2D eigenvalue weighted by atomic mass is 10.6. The quantitative estimate of drug-likeness (QED) is 0.381. The summed E-state index contributed by atoms with van der Waals surface area (Å²) in [6.45, 7) is 3.28. The first-order chi connectivity index (χ1) is 4.22. The molecule has 0 saturated carbocycles. The molecule has 0 aromatic heterocycles. The van der Waals surface area contributed by atoms with Crippen LogP contribution in [0, 0.1) is 0 Å². The highest BCUT2D eigenvalue weighted by Gasteiger charge is 2.02. The number of aliphatic carboxylic acids is 1. The molecule has 4 nitrogen and oxygen atoms in total. The van der Waals surface area contributed by atoms with Crippen LogP contribution in [0.25, 0.3) is 0 Å². The molecule has 2 N–H and O–H groups in total. The third kappa shape index (κ3) is 2.48. The normalized spacial score (nSPS) is 10.6. The SMILES string of the molecule is C=CNC(=NC)C(=O)O. The van der Waals surface area contributed by atoms with Gasteiger partial charge in [0.1, 0.15) is 0 Å². The molecule has 9 heavy (non-hydrogen) atoms. The van der Waals surface area contributed by atoms with Gasteiger partial charge in [-0.2, -0.15) is 0 Å². The first-order valence-electron chi connectivity index (χ1n) is 2.30. The third-order valence-electron chi connectivity index (χ3n) is 0.665. The average molecular weight is 128 g/mol. The molecule has 4 heteroatoms. The molecule has 0 amide bonds. The van der Waals surface area contributed by atoms with Crippen LogP contribution in [0.2, 0.25) is 0 Å². The zero-order chi connectivity index (χ0) is 7.28. The predicted octanol–water partition coefficient (Wildman–Crippen LogP) is -0.168. The van der Waals surface area contributed by atoms with Crippen molar-refractivity contribution in [2.24, 2.45) is 4.99 Å². The van der Waals surface area contributed by atoms with Crippen molar-refractivity contribution in [1.29, 1.82) is 0 Å². The van der Waals surface area contributed by atoms with E-state index in [1.807, 2.05) is 0 Å². The highest BCUT2D eigenvalue weighted by atomic mass is 16.4. The van der Waals surface area contributed by atoms with Crippen LogP contribution in [-0.2, 0) is 4.79 Å². The molecule has 0 aliphatic carbocycles. The zero-order valence-electron chi connectivity index (χ0n) is 5.09. The van der Waals surface area contributed by atoms with Crippen molar-refractivity contribution in [1.82, 2.24) is 5.32 Å². The lowest BCUT2D eigenvalue weighted by Gasteiger charge is -1.95. The smallest absolute Gasteiger partial charge is 0.371 e. The highest BCUT2D eigenvalue weighted by Crippen LogP contribution is 1.70. The largest absolute Gasteiger partial charge is 0.475 e. The summed E-state index contributed by atoms with van der Waals surface area (Å²) in [6.07, 6.45) is 1.26. The van der Waals surface area contributed by atoms with Gasteiger partial charge in [-0.3, -0.25) is 4.99 Å². The molecule has 0 unspecified atom stereocenters. The molecule has 0 radical (unpaired) electrons. The fraction of sp³-hybridized carbons (Fsp3) is 0.200. The van der Waals surface area contributed by atoms with Crippen molar-refractivity contribution in [3.05, 3.63) is 12.8 Å². The van der Waals surface area contributed by atoms with Crippen LogP contribution in [0.1, 0.15) is 0 Å². The number of hydrogen-bond donors (Lipinski definition) is 2. The van der Waals surface area contributed by atoms with Gasteiger partial charge < -0.3 is 10.4 Å². The Bertz CT molecular complexity index is 151. The second-order valence-corrected chi connectivity index (χ2v) is 1.23. The zero-order valence-corrected chi connectivity index (χ0v) is 5.09. The fourth-order valence-electron chi connectivity index (χ4n) is 0.319. The number of aliphatic imine (C=N–C) groups is 1. The second-order valence-electron chi connectivity index (χ2n) is 1.23. The van der Waals surface area contributed by atoms with Crippen LogP contribution in [0.3, 0.4) is 0 Å². The van der Waals surface area contributed by atoms with E-state index in [1.165, 1.54) is 13.2 Å². The second kappa shape index (κ2) is 3.65. The van der Waals surface area contributed by atoms with Crippen molar-refractivity contribution >= 4 is 11.8 Å². The first-order valence-corrected chi connectivity index (χ1v) is 2.30. The Hall–Kier alpha value is -1.32. The topological polar surface area (TPSA) is 61.7 Å². The molecule has 50 valence electrons. The maximum Gasteiger partial charge on any atom is 0.371 e. The predicted molar refractivity (Wildman–Crippen MR) is 34.3 cm³/mol. The van der Waals surface area contributed by atoms with Gasteiger partial charge in [0, 0.05) is 7.05 Å². The Balaban J connectivity index is 4.00. The summed E-state index contributed by atoms with van der Waals surface area (Å²) in [7, 11) is 1.39. The molecule has 0 fully saturated rings. The molecule has 0 heterocycles. The fourth-order valence-corrected chi connectivity index (χ4v) is 0.319. The molecule has 0 aliphatic heterocycles. The van der Waals surface area contributed by atoms with Gasteiger partial charge in [0.25, 0.3) is 0 Å². The lowest BCUT2D eigenvalue weighted by molar-refractivity contribution is -0.129. The lowest BCUT2D eigenvalue weighted by Crippen LogP contribution is -2.26. The summed E-state index contributed by atoms with van der Waals surface area (Å²) in [5, 5.41) is 10.6. The minimum absolute atomic E-state index is 0.106. The third-order valence-corrected chi connectivity index (χ3v) is 0.665. The van der Waals surface area contributed by atoms with Crippen molar-refractivity contribution in [3.8, 4) is 0 Å². The number of carbonyl (C=O) groups is 1. The molecule has 0 spiro atoms. The van der Waals surface area contributed by atoms with Gasteiger partial charge in [-0.05, 0) is 6.20 Å². The standard InChI is InChI=1S/C5H8N2O2/c1-3-7-4(6-2)5(8)9/h3H,1H2,2H3,(H,6,7)(H,8,9). The van der Waals surface area contributed by atoms with Crippen LogP contribution in [0.5, 0.6) is 0 Å². The van der Waals surface area contributed by atoms with Gasteiger partial charge in [0.05, 0.1) is 0 Å². The minimum atomic E-state index is -1.09. The van der Waals surface area contributed by atoms with E-state index in [-0.39, 0.29) is 5.84 Å². The number of rotatable bonds is 1. The van der Waals surface area contributed by atoms with E-state index in [2.05, 4.69) is 16.9 Å². The summed E-state index contributed by atoms with van der Waals surface area (Å²) in [5.41, 5.74) is 0. The van der Waals surface area contributed by atoms with E-state index < -0.39 is 5.97 Å². The summed E-state index contributed by atoms with van der Waals surface area (Å²) in [5.74, 6) is -1.19. The maximum absolute atomic E-state index is 10.1. The molecule has 0 rings (SSSR count). The Kier molecular flexibility index (Phi) is 3.12. The van der Waals surface area contributed by atoms with Crippen LogP contribution < -0.4 is 5.32 Å². The monoisotopic (exact) mass is 128 g/mol. The van der Waals surface area contributed by atoms with E-state index in [9.17, 15) is 4.79 Å². The summed E-state index contributed by atoms with van der Waals surface area (Å²) < 4.78 is 0. The van der Waals surface area contributed by atoms with E-state index >= 15 is 0 Å². The maximum atomic E-state index is 10.1. The number of hydrogen-bond acceptors (Lipinski definition) is 2. The number of carboxylic acid groups (broad SMARTS) is 1. The number of nitrogens with zero attached hydrogens (tertiary/aromatic N) is 1. The molecule has 0 aromatic rings. The molecule has 0 aromatic carbocycles. The van der Waals surface area contributed by atoms with Gasteiger partial charge in [-0.25, -0.2) is 4.79 Å². The Labute approximate surface area is 52.9 Å². The van der Waals surface area contributed by atoms with E-state index in [1.54, 1.807) is 0 Å². The molecule has 0 saturated heterocycles. The number of amidine groups is 1. The van der Waals surface area contributed by atoms with Crippen molar-refractivity contribution < 1.29 is 9.90 Å². The molecule has 0 bridgehead atoms. The molecular weight excluding hydrogens is 120 g/mol. The molecule has 0 atom stereocenters. The average Bonchev–Trinajstić information content (AvgIpc) is 1.82. The highest BCUT2D eigenvalue weighted by molar-refractivity contribution is 6.34. The van der Waals surface area contributed by atoms with Crippen LogP contribution in [0.15, 0.2) is 17.8 Å². The van der Waals surface area contributed by atoms with Gasteiger partial charge >= 0.3 is 5.97 Å². The Morgan fingerprint density at radius 3 is 2.56 bits per heavy atom. The van der Waals surface area contributed by atoms with Gasteiger partial charge in [0.2, 0.25) is 5.84 Å². The molecular formula is C5H8N2O2. The number of carboxylic acids is 1. The van der Waals surface area contributed by atoms with E-state index in [0.29, 0.717) is 0 Å².